The van der Waals surface area contributed by atoms with Gasteiger partial charge in [-0.25, -0.2) is 4.79 Å². The number of nitrogens with one attached hydrogen (secondary N) is 2. The molecule has 0 saturated heterocycles. The molecule has 0 spiro atoms. The summed E-state index contributed by atoms with van der Waals surface area (Å²) >= 11 is 0. The number of ether oxygens (including phenoxy) is 3. The van der Waals surface area contributed by atoms with Crippen LogP contribution in [0.2, 0.25) is 0 Å². The van der Waals surface area contributed by atoms with Crippen molar-refractivity contribution in [2.45, 2.75) is 13.5 Å². The molecular weight excluding hydrogens is 308 g/mol. The summed E-state index contributed by atoms with van der Waals surface area (Å²) in [5.74, 6) is 1.97. The van der Waals surface area contributed by atoms with E-state index in [-0.39, 0.29) is 6.03 Å². The van der Waals surface area contributed by atoms with E-state index in [0.29, 0.717) is 30.3 Å². The first kappa shape index (κ1) is 17.5. The van der Waals surface area contributed by atoms with E-state index in [2.05, 4.69) is 10.6 Å². The Balaban J connectivity index is 1.95. The SMILES string of the molecule is CCOc1cc(NC(=O)NCc2cccc(OC)c2)ccc1OC. The van der Waals surface area contributed by atoms with Gasteiger partial charge in [0.25, 0.3) is 0 Å². The van der Waals surface area contributed by atoms with Gasteiger partial charge in [0.15, 0.2) is 11.5 Å². The van der Waals surface area contributed by atoms with Gasteiger partial charge >= 0.3 is 6.03 Å². The molecule has 0 fully saturated rings. The highest BCUT2D eigenvalue weighted by Crippen LogP contribution is 2.30. The summed E-state index contributed by atoms with van der Waals surface area (Å²) in [5, 5.41) is 5.58. The molecule has 0 atom stereocenters. The Morgan fingerprint density at radius 3 is 2.58 bits per heavy atom. The van der Waals surface area contributed by atoms with Crippen molar-refractivity contribution in [3.05, 3.63) is 48.0 Å². The Kier molecular flexibility index (Phi) is 6.31. The third-order valence-electron chi connectivity index (χ3n) is 3.31. The van der Waals surface area contributed by atoms with Crippen LogP contribution >= 0.6 is 0 Å². The standard InChI is InChI=1S/C18H22N2O4/c1-4-24-17-11-14(8-9-16(17)23-3)20-18(21)19-12-13-6-5-7-15(10-13)22-2/h5-11H,4,12H2,1-3H3,(H2,19,20,21). The predicted octanol–water partition coefficient (Wildman–Crippen LogP) is 3.42. The molecule has 0 aliphatic rings. The second-order valence-corrected chi connectivity index (χ2v) is 4.96. The summed E-state index contributed by atoms with van der Waals surface area (Å²) in [5.41, 5.74) is 1.58. The lowest BCUT2D eigenvalue weighted by Crippen LogP contribution is -2.28. The maximum Gasteiger partial charge on any atom is 0.319 e. The molecule has 2 aromatic rings. The monoisotopic (exact) mass is 330 g/mol. The highest BCUT2D eigenvalue weighted by Gasteiger charge is 2.08. The van der Waals surface area contributed by atoms with Crippen molar-refractivity contribution in [1.29, 1.82) is 0 Å². The summed E-state index contributed by atoms with van der Waals surface area (Å²) in [6, 6.07) is 12.5. The zero-order valence-electron chi connectivity index (χ0n) is 14.1. The molecule has 128 valence electrons. The molecule has 0 radical (unpaired) electrons. The van der Waals surface area contributed by atoms with Crippen LogP contribution in [-0.2, 0) is 6.54 Å². The number of rotatable bonds is 7. The summed E-state index contributed by atoms with van der Waals surface area (Å²) in [6.45, 7) is 2.81. The number of hydrogen-bond donors (Lipinski definition) is 2. The molecule has 6 heteroatoms. The van der Waals surface area contributed by atoms with E-state index in [1.807, 2.05) is 31.2 Å². The number of methoxy groups -OCH3 is 2. The van der Waals surface area contributed by atoms with Gasteiger partial charge in [-0.15, -0.1) is 0 Å². The van der Waals surface area contributed by atoms with Crippen LogP contribution in [0.1, 0.15) is 12.5 Å². The van der Waals surface area contributed by atoms with Crippen molar-refractivity contribution in [2.24, 2.45) is 0 Å². The van der Waals surface area contributed by atoms with Crippen LogP contribution in [0.15, 0.2) is 42.5 Å². The minimum atomic E-state index is -0.301. The Hall–Kier alpha value is -2.89. The fraction of sp³-hybridized carbons (Fsp3) is 0.278. The van der Waals surface area contributed by atoms with Crippen molar-refractivity contribution in [1.82, 2.24) is 5.32 Å². The van der Waals surface area contributed by atoms with Gasteiger partial charge in [0.1, 0.15) is 5.75 Å². The van der Waals surface area contributed by atoms with E-state index in [4.69, 9.17) is 14.2 Å². The highest BCUT2D eigenvalue weighted by atomic mass is 16.5. The first-order valence-corrected chi connectivity index (χ1v) is 7.65. The zero-order chi connectivity index (χ0) is 17.4. The minimum Gasteiger partial charge on any atom is -0.497 e. The summed E-state index contributed by atoms with van der Waals surface area (Å²) in [6.07, 6.45) is 0. The maximum absolute atomic E-state index is 12.0. The Bertz CT molecular complexity index is 688. The molecule has 2 amide bonds. The number of carbonyl (C=O) groups excluding carboxylic acids is 1. The van der Waals surface area contributed by atoms with E-state index < -0.39 is 0 Å². The first-order chi connectivity index (χ1) is 11.7. The summed E-state index contributed by atoms with van der Waals surface area (Å²) in [7, 11) is 3.19. The number of hydrogen-bond acceptors (Lipinski definition) is 4. The van der Waals surface area contributed by atoms with Crippen LogP contribution < -0.4 is 24.8 Å². The number of urea groups is 1. The molecule has 0 saturated carbocycles. The van der Waals surface area contributed by atoms with E-state index in [1.165, 1.54) is 0 Å². The van der Waals surface area contributed by atoms with Crippen LogP contribution in [0, 0.1) is 0 Å². The third kappa shape index (κ3) is 4.81. The molecule has 0 aliphatic carbocycles. The van der Waals surface area contributed by atoms with Gasteiger partial charge in [0.05, 0.1) is 20.8 Å². The quantitative estimate of drug-likeness (QED) is 0.816. The molecule has 0 bridgehead atoms. The first-order valence-electron chi connectivity index (χ1n) is 7.65. The predicted molar refractivity (Wildman–Crippen MR) is 93.0 cm³/mol. The largest absolute Gasteiger partial charge is 0.497 e. The molecule has 0 heterocycles. The van der Waals surface area contributed by atoms with Gasteiger partial charge in [-0.1, -0.05) is 12.1 Å². The molecule has 2 rings (SSSR count). The average molecular weight is 330 g/mol. The van der Waals surface area contributed by atoms with Gasteiger partial charge < -0.3 is 24.8 Å². The second kappa shape index (κ2) is 8.67. The maximum atomic E-state index is 12.0. The van der Waals surface area contributed by atoms with Gasteiger partial charge in [-0.3, -0.25) is 0 Å². The van der Waals surface area contributed by atoms with Crippen molar-refractivity contribution >= 4 is 11.7 Å². The minimum absolute atomic E-state index is 0.301. The summed E-state index contributed by atoms with van der Waals surface area (Å²) < 4.78 is 15.9. The zero-order valence-corrected chi connectivity index (χ0v) is 14.1. The molecule has 2 N–H and O–H groups in total. The van der Waals surface area contributed by atoms with E-state index in [1.54, 1.807) is 32.4 Å². The number of anilines is 1. The fourth-order valence-corrected chi connectivity index (χ4v) is 2.16. The lowest BCUT2D eigenvalue weighted by molar-refractivity contribution is 0.251. The molecule has 0 aliphatic heterocycles. The average Bonchev–Trinajstić information content (AvgIpc) is 2.61. The smallest absolute Gasteiger partial charge is 0.319 e. The number of amides is 2. The second-order valence-electron chi connectivity index (χ2n) is 4.96. The Labute approximate surface area is 141 Å². The molecule has 0 aromatic heterocycles. The van der Waals surface area contributed by atoms with Crippen molar-refractivity contribution in [3.63, 3.8) is 0 Å². The van der Waals surface area contributed by atoms with Gasteiger partial charge in [-0.2, -0.15) is 0 Å². The lowest BCUT2D eigenvalue weighted by Gasteiger charge is -2.12. The highest BCUT2D eigenvalue weighted by molar-refractivity contribution is 5.89. The van der Waals surface area contributed by atoms with Crippen molar-refractivity contribution in [2.75, 3.05) is 26.1 Å². The normalized spacial score (nSPS) is 9.96. The molecule has 2 aromatic carbocycles. The van der Waals surface area contributed by atoms with Crippen LogP contribution in [0.25, 0.3) is 0 Å². The van der Waals surface area contributed by atoms with E-state index in [9.17, 15) is 4.79 Å². The Morgan fingerprint density at radius 2 is 1.88 bits per heavy atom. The fourth-order valence-electron chi connectivity index (χ4n) is 2.16. The van der Waals surface area contributed by atoms with Crippen LogP contribution in [-0.4, -0.2) is 26.9 Å². The number of benzene rings is 2. The molecule has 24 heavy (non-hydrogen) atoms. The van der Waals surface area contributed by atoms with Gasteiger partial charge in [0.2, 0.25) is 0 Å². The Morgan fingerprint density at radius 1 is 1.04 bits per heavy atom. The van der Waals surface area contributed by atoms with Gasteiger partial charge in [-0.05, 0) is 36.8 Å². The molecule has 6 nitrogen and oxygen atoms in total. The van der Waals surface area contributed by atoms with Gasteiger partial charge in [0, 0.05) is 18.3 Å². The third-order valence-corrected chi connectivity index (χ3v) is 3.31. The topological polar surface area (TPSA) is 68.8 Å². The molecule has 0 unspecified atom stereocenters. The van der Waals surface area contributed by atoms with Crippen LogP contribution in [0.4, 0.5) is 10.5 Å². The number of carbonyl (C=O) groups is 1. The van der Waals surface area contributed by atoms with Crippen molar-refractivity contribution in [3.8, 4) is 17.2 Å². The molecular formula is C18H22N2O4. The van der Waals surface area contributed by atoms with Crippen LogP contribution in [0.5, 0.6) is 17.2 Å². The van der Waals surface area contributed by atoms with Crippen LogP contribution in [0.3, 0.4) is 0 Å². The van der Waals surface area contributed by atoms with E-state index in [0.717, 1.165) is 11.3 Å². The lowest BCUT2D eigenvalue weighted by atomic mass is 10.2. The summed E-state index contributed by atoms with van der Waals surface area (Å²) in [4.78, 5) is 12.0. The van der Waals surface area contributed by atoms with E-state index >= 15 is 0 Å². The van der Waals surface area contributed by atoms with Crippen molar-refractivity contribution < 1.29 is 19.0 Å².